The van der Waals surface area contributed by atoms with Gasteiger partial charge in [0.15, 0.2) is 0 Å². The Morgan fingerprint density at radius 3 is 3.07 bits per heavy atom. The molecule has 0 saturated carbocycles. The van der Waals surface area contributed by atoms with Crippen LogP contribution in [-0.2, 0) is 4.79 Å². The Labute approximate surface area is 95.2 Å². The molecule has 0 aromatic rings. The molecule has 2 unspecified atom stereocenters. The van der Waals surface area contributed by atoms with Gasteiger partial charge in [0, 0.05) is 12.4 Å². The average molecular weight is 236 g/mol. The van der Waals surface area contributed by atoms with Crippen LogP contribution in [-0.4, -0.2) is 29.3 Å². The molecule has 0 aromatic heterocycles. The minimum Gasteiger partial charge on any atom is -0.355 e. The average Bonchev–Trinajstić information content (AvgIpc) is 2.67. The highest BCUT2D eigenvalue weighted by Crippen LogP contribution is 2.25. The molecule has 1 saturated heterocycles. The second-order valence-electron chi connectivity index (χ2n) is 3.83. The van der Waals surface area contributed by atoms with Gasteiger partial charge in [-0.15, -0.1) is 23.4 Å². The molecule has 1 N–H and O–H groups in total. The first-order valence-electron chi connectivity index (χ1n) is 5.19. The van der Waals surface area contributed by atoms with Crippen LogP contribution in [0.4, 0.5) is 0 Å². The number of carbonyl (C=O) groups is 1. The molecule has 0 bridgehead atoms. The zero-order chi connectivity index (χ0) is 10.4. The molecule has 1 aliphatic rings. The molecule has 1 rings (SSSR count). The maximum atomic E-state index is 11.6. The molecule has 0 radical (unpaired) electrons. The van der Waals surface area contributed by atoms with Gasteiger partial charge in [-0.05, 0) is 30.9 Å². The van der Waals surface area contributed by atoms with Gasteiger partial charge in [-0.1, -0.05) is 6.92 Å². The third-order valence-electron chi connectivity index (χ3n) is 2.45. The summed E-state index contributed by atoms with van der Waals surface area (Å²) in [5.41, 5.74) is 0. The largest absolute Gasteiger partial charge is 0.355 e. The lowest BCUT2D eigenvalue weighted by Crippen LogP contribution is -2.34. The van der Waals surface area contributed by atoms with Crippen molar-refractivity contribution in [3.8, 4) is 0 Å². The highest BCUT2D eigenvalue weighted by molar-refractivity contribution is 8.00. The Balaban J connectivity index is 2.13. The highest BCUT2D eigenvalue weighted by Gasteiger charge is 2.23. The fourth-order valence-electron chi connectivity index (χ4n) is 1.46. The van der Waals surface area contributed by atoms with E-state index in [-0.39, 0.29) is 11.2 Å². The van der Waals surface area contributed by atoms with Crippen LogP contribution in [0, 0.1) is 5.92 Å². The van der Waals surface area contributed by atoms with Crippen molar-refractivity contribution < 1.29 is 4.79 Å². The van der Waals surface area contributed by atoms with E-state index in [0.717, 1.165) is 25.1 Å². The van der Waals surface area contributed by atoms with Gasteiger partial charge in [0.1, 0.15) is 0 Å². The van der Waals surface area contributed by atoms with E-state index in [0.29, 0.717) is 11.8 Å². The lowest BCUT2D eigenvalue weighted by atomic mass is 10.1. The number of amides is 1. The normalized spacial score (nSPS) is 23.4. The van der Waals surface area contributed by atoms with Crippen LogP contribution < -0.4 is 5.32 Å². The van der Waals surface area contributed by atoms with E-state index < -0.39 is 0 Å². The van der Waals surface area contributed by atoms with Crippen molar-refractivity contribution in [3.63, 3.8) is 0 Å². The Bertz CT molecular complexity index is 183. The quantitative estimate of drug-likeness (QED) is 0.741. The van der Waals surface area contributed by atoms with E-state index in [9.17, 15) is 4.79 Å². The number of nitrogens with one attached hydrogen (secondary N) is 1. The summed E-state index contributed by atoms with van der Waals surface area (Å²) in [6, 6.07) is 0. The summed E-state index contributed by atoms with van der Waals surface area (Å²) in [7, 11) is 0. The Morgan fingerprint density at radius 1 is 1.71 bits per heavy atom. The standard InChI is InChI=1S/C10H18ClNOS/c1-8(4-5-11)7-12-10(13)9-3-2-6-14-9/h8-9H,2-7H2,1H3,(H,12,13). The number of carbonyl (C=O) groups excluding carboxylic acids is 1. The van der Waals surface area contributed by atoms with Gasteiger partial charge in [-0.25, -0.2) is 0 Å². The molecule has 1 fully saturated rings. The van der Waals surface area contributed by atoms with Gasteiger partial charge in [0.25, 0.3) is 0 Å². The summed E-state index contributed by atoms with van der Waals surface area (Å²) in [5, 5.41) is 3.20. The lowest BCUT2D eigenvalue weighted by Gasteiger charge is -2.13. The van der Waals surface area contributed by atoms with Crippen LogP contribution >= 0.6 is 23.4 Å². The SMILES string of the molecule is CC(CCCl)CNC(=O)C1CCCS1. The number of hydrogen-bond acceptors (Lipinski definition) is 2. The number of halogens is 1. The maximum absolute atomic E-state index is 11.6. The fourth-order valence-corrected chi connectivity index (χ4v) is 3.02. The maximum Gasteiger partial charge on any atom is 0.233 e. The lowest BCUT2D eigenvalue weighted by molar-refractivity contribution is -0.120. The first kappa shape index (κ1) is 12.2. The number of hydrogen-bond donors (Lipinski definition) is 1. The van der Waals surface area contributed by atoms with Crippen LogP contribution in [0.25, 0.3) is 0 Å². The Kier molecular flexibility index (Phi) is 5.71. The van der Waals surface area contributed by atoms with Crippen molar-refractivity contribution in [3.05, 3.63) is 0 Å². The summed E-state index contributed by atoms with van der Waals surface area (Å²) >= 11 is 7.40. The molecule has 0 spiro atoms. The molecular formula is C10H18ClNOS. The van der Waals surface area contributed by atoms with E-state index in [1.807, 2.05) is 0 Å². The van der Waals surface area contributed by atoms with Crippen molar-refractivity contribution in [2.75, 3.05) is 18.2 Å². The molecule has 0 aromatic carbocycles. The zero-order valence-electron chi connectivity index (χ0n) is 8.59. The van der Waals surface area contributed by atoms with Crippen molar-refractivity contribution in [2.45, 2.75) is 31.4 Å². The third kappa shape index (κ3) is 4.09. The van der Waals surface area contributed by atoms with Crippen LogP contribution in [0.1, 0.15) is 26.2 Å². The first-order chi connectivity index (χ1) is 6.74. The van der Waals surface area contributed by atoms with Crippen molar-refractivity contribution in [2.24, 2.45) is 5.92 Å². The molecule has 1 aliphatic heterocycles. The second kappa shape index (κ2) is 6.57. The summed E-state index contributed by atoms with van der Waals surface area (Å²) in [4.78, 5) is 11.6. The minimum atomic E-state index is 0.207. The molecule has 2 atom stereocenters. The molecule has 4 heteroatoms. The number of alkyl halides is 1. The Morgan fingerprint density at radius 2 is 2.50 bits per heavy atom. The van der Waals surface area contributed by atoms with Gasteiger partial charge in [0.2, 0.25) is 5.91 Å². The molecular weight excluding hydrogens is 218 g/mol. The van der Waals surface area contributed by atoms with E-state index in [2.05, 4.69) is 12.2 Å². The molecule has 2 nitrogen and oxygen atoms in total. The molecule has 82 valence electrons. The van der Waals surface area contributed by atoms with Crippen molar-refractivity contribution in [1.82, 2.24) is 5.32 Å². The van der Waals surface area contributed by atoms with E-state index in [1.54, 1.807) is 11.8 Å². The van der Waals surface area contributed by atoms with E-state index in [1.165, 1.54) is 6.42 Å². The van der Waals surface area contributed by atoms with Gasteiger partial charge in [0.05, 0.1) is 5.25 Å². The second-order valence-corrected chi connectivity index (χ2v) is 5.52. The predicted octanol–water partition coefficient (Wildman–Crippen LogP) is 2.26. The summed E-state index contributed by atoms with van der Waals surface area (Å²) < 4.78 is 0. The zero-order valence-corrected chi connectivity index (χ0v) is 10.2. The number of thioether (sulfide) groups is 1. The van der Waals surface area contributed by atoms with Crippen LogP contribution in [0.3, 0.4) is 0 Å². The smallest absolute Gasteiger partial charge is 0.233 e. The molecule has 14 heavy (non-hydrogen) atoms. The van der Waals surface area contributed by atoms with E-state index in [4.69, 9.17) is 11.6 Å². The van der Waals surface area contributed by atoms with Crippen molar-refractivity contribution >= 4 is 29.3 Å². The first-order valence-corrected chi connectivity index (χ1v) is 6.77. The van der Waals surface area contributed by atoms with Crippen molar-refractivity contribution in [1.29, 1.82) is 0 Å². The highest BCUT2D eigenvalue weighted by atomic mass is 35.5. The summed E-state index contributed by atoms with van der Waals surface area (Å²) in [6.07, 6.45) is 3.19. The fraction of sp³-hybridized carbons (Fsp3) is 0.900. The predicted molar refractivity (Wildman–Crippen MR) is 63.0 cm³/mol. The summed E-state index contributed by atoms with van der Waals surface area (Å²) in [5.74, 6) is 2.52. The summed E-state index contributed by atoms with van der Waals surface area (Å²) in [6.45, 7) is 2.88. The monoisotopic (exact) mass is 235 g/mol. The van der Waals surface area contributed by atoms with Gasteiger partial charge < -0.3 is 5.32 Å². The van der Waals surface area contributed by atoms with Crippen LogP contribution in [0.2, 0.25) is 0 Å². The minimum absolute atomic E-state index is 0.207. The third-order valence-corrected chi connectivity index (χ3v) is 4.04. The van der Waals surface area contributed by atoms with Gasteiger partial charge >= 0.3 is 0 Å². The topological polar surface area (TPSA) is 29.1 Å². The van der Waals surface area contributed by atoms with Gasteiger partial charge in [-0.2, -0.15) is 0 Å². The van der Waals surface area contributed by atoms with Gasteiger partial charge in [-0.3, -0.25) is 4.79 Å². The molecule has 0 aliphatic carbocycles. The molecule has 1 heterocycles. The van der Waals surface area contributed by atoms with Crippen LogP contribution in [0.15, 0.2) is 0 Å². The van der Waals surface area contributed by atoms with E-state index >= 15 is 0 Å². The van der Waals surface area contributed by atoms with Crippen LogP contribution in [0.5, 0.6) is 0 Å². The number of rotatable bonds is 5. The molecule has 1 amide bonds. The Hall–Kier alpha value is 0.110.